The van der Waals surface area contributed by atoms with Gasteiger partial charge in [0.15, 0.2) is 11.6 Å². The average Bonchev–Trinajstić information content (AvgIpc) is 3.51. The molecule has 0 spiro atoms. The molecular weight excluding hydrogens is 702 g/mol. The summed E-state index contributed by atoms with van der Waals surface area (Å²) in [5, 5.41) is 10.4. The molecule has 0 fully saturated rings. The van der Waals surface area contributed by atoms with Crippen molar-refractivity contribution in [2.24, 2.45) is 0 Å². The molecule has 4 aromatic rings. The Kier molecular flexibility index (Phi) is 15.2. The van der Waals surface area contributed by atoms with Crippen molar-refractivity contribution in [3.8, 4) is 0 Å². The van der Waals surface area contributed by atoms with Crippen molar-refractivity contribution >= 4 is 135 Å². The highest BCUT2D eigenvalue weighted by Crippen LogP contribution is 2.32. The number of carbonyl (C=O) groups excluding carboxylic acids is 2. The molecule has 0 aliphatic heterocycles. The molecule has 0 unspecified atom stereocenters. The maximum absolute atomic E-state index is 10.7. The minimum absolute atomic E-state index is 0.0533. The van der Waals surface area contributed by atoms with Crippen LogP contribution >= 0.6 is 124 Å². The second-order valence-electron chi connectivity index (χ2n) is 5.46. The molecule has 0 radical (unpaired) electrons. The van der Waals surface area contributed by atoms with Crippen LogP contribution in [0.15, 0.2) is 53.4 Å². The molecule has 0 aliphatic rings. The molecule has 0 amide bonds. The molecule has 0 saturated heterocycles. The number of Topliss-reactive ketones (excluding diaryl/α,β-unsaturated/α-hetero) is 2. The highest BCUT2D eigenvalue weighted by atomic mass is 79.9. The number of rotatable bonds is 2. The van der Waals surface area contributed by atoms with Crippen LogP contribution in [0.2, 0.25) is 20.1 Å². The third-order valence-electron chi connectivity index (χ3n) is 2.97. The molecule has 4 heterocycles. The Labute approximate surface area is 239 Å². The van der Waals surface area contributed by atoms with Gasteiger partial charge in [-0.15, -0.1) is 34.0 Å². The number of halogens is 6. The summed E-state index contributed by atoms with van der Waals surface area (Å²) in [6.07, 6.45) is 0. The summed E-state index contributed by atoms with van der Waals surface area (Å²) in [5.74, 6) is 0.129. The smallest absolute Gasteiger partial charge is 0.169 e. The Hall–Kier alpha value is 0.260. The normalized spacial score (nSPS) is 9.50. The molecule has 0 atom stereocenters. The zero-order valence-corrected chi connectivity index (χ0v) is 25.8. The largest absolute Gasteiger partial charge is 0.294 e. The fraction of sp³-hybridized carbons (Fsp3) is 0.100. The minimum atomic E-state index is 0.0533. The first kappa shape index (κ1) is 30.3. The molecule has 0 aromatic carbocycles. The maximum Gasteiger partial charge on any atom is 0.169 e. The Morgan fingerprint density at radius 2 is 1.41 bits per heavy atom. The van der Waals surface area contributed by atoms with Crippen molar-refractivity contribution in [3.05, 3.63) is 83.2 Å². The van der Waals surface area contributed by atoms with E-state index in [1.807, 2.05) is 28.3 Å². The van der Waals surface area contributed by atoms with Gasteiger partial charge in [0.05, 0.1) is 37.4 Å². The highest BCUT2D eigenvalue weighted by molar-refractivity contribution is 9.11. The lowest BCUT2D eigenvalue weighted by Crippen LogP contribution is -1.83. The first-order valence-electron chi connectivity index (χ1n) is 8.28. The van der Waals surface area contributed by atoms with Gasteiger partial charge in [-0.3, -0.25) is 9.59 Å². The van der Waals surface area contributed by atoms with Crippen molar-refractivity contribution in [2.45, 2.75) is 13.8 Å². The van der Waals surface area contributed by atoms with Crippen LogP contribution in [0, 0.1) is 0 Å². The van der Waals surface area contributed by atoms with E-state index in [2.05, 4.69) is 31.9 Å². The molecule has 0 saturated carbocycles. The van der Waals surface area contributed by atoms with E-state index in [1.165, 1.54) is 36.5 Å². The molecule has 4 aromatic heterocycles. The van der Waals surface area contributed by atoms with Gasteiger partial charge in [-0.1, -0.05) is 46.4 Å². The quantitative estimate of drug-likeness (QED) is 0.194. The molecule has 2 nitrogen and oxygen atoms in total. The van der Waals surface area contributed by atoms with Gasteiger partial charge in [0.2, 0.25) is 0 Å². The van der Waals surface area contributed by atoms with Crippen molar-refractivity contribution < 1.29 is 9.59 Å². The molecule has 32 heavy (non-hydrogen) atoms. The number of ketones is 2. The molecule has 12 heteroatoms. The van der Waals surface area contributed by atoms with Crippen molar-refractivity contribution in [3.63, 3.8) is 0 Å². The Morgan fingerprint density at radius 1 is 0.750 bits per heavy atom. The molecule has 0 N–H and O–H groups in total. The molecule has 0 aliphatic carbocycles. The van der Waals surface area contributed by atoms with Gasteiger partial charge in [-0.05, 0) is 80.7 Å². The number of thiophene rings is 4. The summed E-state index contributed by atoms with van der Waals surface area (Å²) < 4.78 is 1.83. The first-order valence-corrected chi connectivity index (χ1v) is 14.9. The third kappa shape index (κ3) is 12.1. The Morgan fingerprint density at radius 3 is 1.59 bits per heavy atom. The van der Waals surface area contributed by atoms with Crippen LogP contribution in [-0.4, -0.2) is 11.6 Å². The van der Waals surface area contributed by atoms with Crippen LogP contribution in [0.4, 0.5) is 0 Å². The van der Waals surface area contributed by atoms with Crippen LogP contribution in [-0.2, 0) is 0 Å². The SMILES string of the molecule is CC(=O)c1cc(Cl)c(Br)s1.CC(=O)c1cc(Cl)cs1.Clc1ccsc1.Clc1ccsc1Br. The van der Waals surface area contributed by atoms with E-state index in [9.17, 15) is 9.59 Å². The fourth-order valence-corrected chi connectivity index (χ4v) is 6.15. The van der Waals surface area contributed by atoms with Gasteiger partial charge in [0.1, 0.15) is 0 Å². The second-order valence-corrected chi connectivity index (χ2v) is 13.4. The van der Waals surface area contributed by atoms with E-state index < -0.39 is 0 Å². The summed E-state index contributed by atoms with van der Waals surface area (Å²) >= 11 is 34.7. The zero-order valence-electron chi connectivity index (χ0n) is 16.3. The maximum atomic E-state index is 10.7. The molecule has 4 rings (SSSR count). The van der Waals surface area contributed by atoms with Crippen molar-refractivity contribution in [1.82, 2.24) is 0 Å². The predicted molar refractivity (Wildman–Crippen MR) is 153 cm³/mol. The standard InChI is InChI=1S/C6H4BrClOS.C6H5ClOS.C4H2BrClS.C4H3ClS/c1-3(9)5-2-4(8)6(7)10-5;1-4(8)6-2-5(7)3-9-6;5-4-3(6)1-2-7-4;5-4-1-2-6-3-4/h2H,1H3;2-3H,1H3;1-2H;1-3H. The summed E-state index contributed by atoms with van der Waals surface area (Å²) in [5.41, 5.74) is 0. The molecular formula is C20H14Br2Cl4O2S4. The van der Waals surface area contributed by atoms with E-state index in [0.29, 0.717) is 14.9 Å². The van der Waals surface area contributed by atoms with E-state index in [0.717, 1.165) is 22.5 Å². The van der Waals surface area contributed by atoms with Crippen LogP contribution in [0.3, 0.4) is 0 Å². The van der Waals surface area contributed by atoms with Crippen molar-refractivity contribution in [2.75, 3.05) is 0 Å². The Bertz CT molecular complexity index is 1080. The lowest BCUT2D eigenvalue weighted by Gasteiger charge is -1.80. The van der Waals surface area contributed by atoms with E-state index >= 15 is 0 Å². The van der Waals surface area contributed by atoms with Gasteiger partial charge in [0, 0.05) is 10.8 Å². The minimum Gasteiger partial charge on any atom is -0.294 e. The van der Waals surface area contributed by atoms with Gasteiger partial charge in [-0.25, -0.2) is 0 Å². The summed E-state index contributed by atoms with van der Waals surface area (Å²) in [7, 11) is 0. The molecule has 172 valence electrons. The van der Waals surface area contributed by atoms with Crippen LogP contribution in [0.1, 0.15) is 33.2 Å². The predicted octanol–water partition coefficient (Wildman–Crippen LogP) is 11.5. The van der Waals surface area contributed by atoms with Crippen molar-refractivity contribution in [1.29, 1.82) is 0 Å². The lowest BCUT2D eigenvalue weighted by molar-refractivity contribution is 0.101. The summed E-state index contributed by atoms with van der Waals surface area (Å²) in [6.45, 7) is 3.05. The highest BCUT2D eigenvalue weighted by Gasteiger charge is 2.07. The topological polar surface area (TPSA) is 34.1 Å². The van der Waals surface area contributed by atoms with Crippen LogP contribution in [0.5, 0.6) is 0 Å². The van der Waals surface area contributed by atoms with Gasteiger partial charge < -0.3 is 0 Å². The lowest BCUT2D eigenvalue weighted by atomic mass is 10.4. The van der Waals surface area contributed by atoms with E-state index in [4.69, 9.17) is 46.4 Å². The Balaban J connectivity index is 0.000000217. The second kappa shape index (κ2) is 16.0. The summed E-state index contributed by atoms with van der Waals surface area (Å²) in [6, 6.07) is 7.07. The summed E-state index contributed by atoms with van der Waals surface area (Å²) in [4.78, 5) is 22.8. The monoisotopic (exact) mass is 712 g/mol. The number of carbonyl (C=O) groups is 2. The third-order valence-corrected chi connectivity index (χ3v) is 10.3. The van der Waals surface area contributed by atoms with Gasteiger partial charge in [-0.2, -0.15) is 11.3 Å². The zero-order chi connectivity index (χ0) is 24.3. The van der Waals surface area contributed by atoms with E-state index in [1.54, 1.807) is 40.2 Å². The average molecular weight is 716 g/mol. The van der Waals surface area contributed by atoms with Gasteiger partial charge in [0.25, 0.3) is 0 Å². The van der Waals surface area contributed by atoms with Crippen LogP contribution < -0.4 is 0 Å². The number of hydrogen-bond donors (Lipinski definition) is 0. The van der Waals surface area contributed by atoms with E-state index in [-0.39, 0.29) is 11.6 Å². The van der Waals surface area contributed by atoms with Gasteiger partial charge >= 0.3 is 0 Å². The fourth-order valence-electron chi connectivity index (χ4n) is 1.54. The van der Waals surface area contributed by atoms with Crippen LogP contribution in [0.25, 0.3) is 0 Å². The number of hydrogen-bond acceptors (Lipinski definition) is 6. The molecule has 0 bridgehead atoms. The first-order chi connectivity index (χ1) is 15.0.